The van der Waals surface area contributed by atoms with Crippen molar-refractivity contribution in [2.24, 2.45) is 0 Å². The van der Waals surface area contributed by atoms with Gasteiger partial charge in [-0.3, -0.25) is 4.79 Å². The molecule has 0 spiro atoms. The van der Waals surface area contributed by atoms with Crippen molar-refractivity contribution < 1.29 is 18.7 Å². The minimum absolute atomic E-state index is 0.0932. The monoisotopic (exact) mass is 367 g/mol. The molecule has 2 heterocycles. The number of carbonyl (C=O) groups excluding carboxylic acids is 1. The van der Waals surface area contributed by atoms with Crippen molar-refractivity contribution in [1.29, 1.82) is 0 Å². The van der Waals surface area contributed by atoms with Crippen LogP contribution in [0.4, 0.5) is 0 Å². The Labute approximate surface area is 156 Å². The number of furan rings is 1. The van der Waals surface area contributed by atoms with Crippen molar-refractivity contribution in [3.05, 3.63) is 59.6 Å². The molecule has 1 aromatic carbocycles. The molecule has 1 aliphatic carbocycles. The summed E-state index contributed by atoms with van der Waals surface area (Å²) in [4.78, 5) is 12.5. The zero-order valence-electron chi connectivity index (χ0n) is 15.3. The second-order valence-corrected chi connectivity index (χ2v) is 6.40. The highest BCUT2D eigenvalue weighted by Gasteiger charge is 2.27. The molecule has 1 aliphatic rings. The quantitative estimate of drug-likeness (QED) is 0.749. The summed E-state index contributed by atoms with van der Waals surface area (Å²) in [7, 11) is 3.15. The number of fused-ring (bicyclic) bond motifs is 1. The number of nitrogens with one attached hydrogen (secondary N) is 1. The summed E-state index contributed by atoms with van der Waals surface area (Å²) < 4.78 is 17.5. The van der Waals surface area contributed by atoms with Gasteiger partial charge in [0.2, 0.25) is 0 Å². The molecule has 1 N–H and O–H groups in total. The van der Waals surface area contributed by atoms with Gasteiger partial charge in [0.05, 0.1) is 32.1 Å². The lowest BCUT2D eigenvalue weighted by atomic mass is 9.92. The summed E-state index contributed by atoms with van der Waals surface area (Å²) in [6.45, 7) is 0. The van der Waals surface area contributed by atoms with Crippen molar-refractivity contribution in [2.45, 2.75) is 25.3 Å². The zero-order valence-corrected chi connectivity index (χ0v) is 15.3. The van der Waals surface area contributed by atoms with E-state index in [4.69, 9.17) is 13.9 Å². The standard InChI is InChI=1S/C20H21N3O4/c1-25-14-8-6-13(7-9-14)23-17-5-3-4-16(15(17)12-21-23)22-20(24)18-10-11-19(26-2)27-18/h6-12,16H,3-5H2,1-2H3,(H,22,24). The van der Waals surface area contributed by atoms with Crippen LogP contribution in [0, 0.1) is 0 Å². The van der Waals surface area contributed by atoms with Crippen molar-refractivity contribution in [3.8, 4) is 17.4 Å². The Morgan fingerprint density at radius 2 is 2.00 bits per heavy atom. The van der Waals surface area contributed by atoms with E-state index in [1.165, 1.54) is 7.11 Å². The lowest BCUT2D eigenvalue weighted by Crippen LogP contribution is -2.30. The number of hydrogen-bond acceptors (Lipinski definition) is 5. The van der Waals surface area contributed by atoms with E-state index >= 15 is 0 Å². The van der Waals surface area contributed by atoms with Crippen LogP contribution in [-0.2, 0) is 6.42 Å². The Balaban J connectivity index is 1.56. The molecular formula is C20H21N3O4. The second-order valence-electron chi connectivity index (χ2n) is 6.40. The highest BCUT2D eigenvalue weighted by atomic mass is 16.6. The Hall–Kier alpha value is -3.22. The molecule has 0 saturated heterocycles. The maximum atomic E-state index is 12.5. The number of ether oxygens (including phenoxy) is 2. The fourth-order valence-corrected chi connectivity index (χ4v) is 3.43. The topological polar surface area (TPSA) is 78.5 Å². The highest BCUT2D eigenvalue weighted by Crippen LogP contribution is 2.31. The van der Waals surface area contributed by atoms with Crippen molar-refractivity contribution in [2.75, 3.05) is 14.2 Å². The van der Waals surface area contributed by atoms with Gasteiger partial charge in [0, 0.05) is 17.3 Å². The predicted molar refractivity (Wildman–Crippen MR) is 98.5 cm³/mol. The van der Waals surface area contributed by atoms with Gasteiger partial charge in [0.25, 0.3) is 11.9 Å². The second kappa shape index (κ2) is 7.19. The molecule has 1 unspecified atom stereocenters. The molecule has 0 saturated carbocycles. The number of benzene rings is 1. The third-order valence-electron chi connectivity index (χ3n) is 4.81. The zero-order chi connectivity index (χ0) is 18.8. The van der Waals surface area contributed by atoms with Crippen molar-refractivity contribution in [3.63, 3.8) is 0 Å². The van der Waals surface area contributed by atoms with Gasteiger partial charge in [-0.1, -0.05) is 0 Å². The number of rotatable bonds is 5. The van der Waals surface area contributed by atoms with E-state index in [9.17, 15) is 4.79 Å². The molecule has 4 rings (SSSR count). The van der Waals surface area contributed by atoms with E-state index in [0.29, 0.717) is 5.95 Å². The number of methoxy groups -OCH3 is 2. The predicted octanol–water partition coefficient (Wildman–Crippen LogP) is 3.29. The van der Waals surface area contributed by atoms with E-state index in [0.717, 1.165) is 42.0 Å². The van der Waals surface area contributed by atoms with Gasteiger partial charge in [-0.2, -0.15) is 5.10 Å². The average Bonchev–Trinajstić information content (AvgIpc) is 3.36. The molecule has 27 heavy (non-hydrogen) atoms. The minimum atomic E-state index is -0.256. The van der Waals surface area contributed by atoms with E-state index < -0.39 is 0 Å². The number of aromatic nitrogens is 2. The Morgan fingerprint density at radius 3 is 2.70 bits per heavy atom. The van der Waals surface area contributed by atoms with Crippen LogP contribution >= 0.6 is 0 Å². The molecule has 2 aromatic heterocycles. The fourth-order valence-electron chi connectivity index (χ4n) is 3.43. The van der Waals surface area contributed by atoms with Crippen molar-refractivity contribution in [1.82, 2.24) is 15.1 Å². The smallest absolute Gasteiger partial charge is 0.287 e. The van der Waals surface area contributed by atoms with Crippen LogP contribution in [0.1, 0.15) is 40.7 Å². The Kier molecular flexibility index (Phi) is 4.58. The van der Waals surface area contributed by atoms with Crippen LogP contribution in [0.15, 0.2) is 47.0 Å². The molecule has 7 nitrogen and oxygen atoms in total. The largest absolute Gasteiger partial charge is 0.497 e. The SMILES string of the molecule is COc1ccc(-n2ncc3c2CCCC3NC(=O)c2ccc(OC)o2)cc1. The van der Waals surface area contributed by atoms with Crippen LogP contribution in [-0.4, -0.2) is 29.9 Å². The molecule has 7 heteroatoms. The summed E-state index contributed by atoms with van der Waals surface area (Å²) in [5.41, 5.74) is 3.14. The average molecular weight is 367 g/mol. The van der Waals surface area contributed by atoms with Crippen LogP contribution in [0.3, 0.4) is 0 Å². The molecule has 0 radical (unpaired) electrons. The molecular weight excluding hydrogens is 346 g/mol. The summed E-state index contributed by atoms with van der Waals surface area (Å²) in [6.07, 6.45) is 4.60. The van der Waals surface area contributed by atoms with E-state index in [1.807, 2.05) is 35.1 Å². The Morgan fingerprint density at radius 1 is 1.19 bits per heavy atom. The number of carbonyl (C=O) groups is 1. The van der Waals surface area contributed by atoms with Crippen LogP contribution in [0.5, 0.6) is 11.7 Å². The van der Waals surface area contributed by atoms with Gasteiger partial charge in [0.15, 0.2) is 5.76 Å². The first-order valence-electron chi connectivity index (χ1n) is 8.85. The van der Waals surface area contributed by atoms with Gasteiger partial charge in [-0.05, 0) is 49.6 Å². The first-order chi connectivity index (χ1) is 13.2. The first kappa shape index (κ1) is 17.2. The third kappa shape index (κ3) is 3.28. The molecule has 0 aliphatic heterocycles. The summed E-state index contributed by atoms with van der Waals surface area (Å²) in [5, 5.41) is 7.60. The molecule has 0 fully saturated rings. The van der Waals surface area contributed by atoms with E-state index in [-0.39, 0.29) is 17.7 Å². The van der Waals surface area contributed by atoms with Crippen LogP contribution < -0.4 is 14.8 Å². The van der Waals surface area contributed by atoms with Gasteiger partial charge < -0.3 is 19.2 Å². The molecule has 140 valence electrons. The highest BCUT2D eigenvalue weighted by molar-refractivity contribution is 5.91. The van der Waals surface area contributed by atoms with E-state index in [1.54, 1.807) is 19.2 Å². The molecule has 0 bridgehead atoms. The van der Waals surface area contributed by atoms with Gasteiger partial charge in [-0.15, -0.1) is 0 Å². The summed E-state index contributed by atoms with van der Waals surface area (Å²) in [6, 6.07) is 10.9. The maximum Gasteiger partial charge on any atom is 0.287 e. The number of nitrogens with zero attached hydrogens (tertiary/aromatic N) is 2. The maximum absolute atomic E-state index is 12.5. The summed E-state index contributed by atoms with van der Waals surface area (Å²) >= 11 is 0. The minimum Gasteiger partial charge on any atom is -0.497 e. The van der Waals surface area contributed by atoms with E-state index in [2.05, 4.69) is 10.4 Å². The third-order valence-corrected chi connectivity index (χ3v) is 4.81. The first-order valence-corrected chi connectivity index (χ1v) is 8.85. The van der Waals surface area contributed by atoms with Gasteiger partial charge in [0.1, 0.15) is 5.75 Å². The normalized spacial score (nSPS) is 15.9. The lowest BCUT2D eigenvalue weighted by molar-refractivity contribution is 0.0898. The number of amides is 1. The molecule has 3 aromatic rings. The lowest BCUT2D eigenvalue weighted by Gasteiger charge is -2.24. The van der Waals surface area contributed by atoms with Crippen LogP contribution in [0.25, 0.3) is 5.69 Å². The van der Waals surface area contributed by atoms with Crippen molar-refractivity contribution >= 4 is 5.91 Å². The molecule has 1 atom stereocenters. The number of hydrogen-bond donors (Lipinski definition) is 1. The fraction of sp³-hybridized carbons (Fsp3) is 0.300. The summed E-state index contributed by atoms with van der Waals surface area (Å²) in [5.74, 6) is 1.10. The van der Waals surface area contributed by atoms with Crippen LogP contribution in [0.2, 0.25) is 0 Å². The Bertz CT molecular complexity index is 943. The molecule has 1 amide bonds. The van der Waals surface area contributed by atoms with Gasteiger partial charge in [-0.25, -0.2) is 4.68 Å². The van der Waals surface area contributed by atoms with Gasteiger partial charge >= 0.3 is 0 Å².